The molecule has 2 amide bonds. The summed E-state index contributed by atoms with van der Waals surface area (Å²) in [7, 11) is -3.59. The van der Waals surface area contributed by atoms with Crippen LogP contribution < -0.4 is 4.90 Å². The molecule has 3 rings (SSSR count). The first kappa shape index (κ1) is 14.5. The number of hydrogen-bond donors (Lipinski definition) is 0. The van der Waals surface area contributed by atoms with E-state index in [4.69, 9.17) is 0 Å². The molecule has 112 valence electrons. The van der Waals surface area contributed by atoms with Crippen LogP contribution in [0.25, 0.3) is 0 Å². The summed E-state index contributed by atoms with van der Waals surface area (Å²) in [6.07, 6.45) is 0. The zero-order chi connectivity index (χ0) is 15.9. The van der Waals surface area contributed by atoms with Gasteiger partial charge in [-0.25, -0.2) is 13.3 Å². The first-order valence-electron chi connectivity index (χ1n) is 6.77. The second-order valence-corrected chi connectivity index (χ2v) is 7.11. The van der Waals surface area contributed by atoms with Crippen LogP contribution >= 0.6 is 0 Å². The third-order valence-electron chi connectivity index (χ3n) is 3.61. The summed E-state index contributed by atoms with van der Waals surface area (Å²) in [6.45, 7) is 1.50. The summed E-state index contributed by atoms with van der Waals surface area (Å²) in [5.74, 6) is -1.23. The summed E-state index contributed by atoms with van der Waals surface area (Å²) in [5.41, 5.74) is 0.523. The minimum Gasteiger partial charge on any atom is -0.268 e. The van der Waals surface area contributed by atoms with Crippen LogP contribution in [-0.2, 0) is 9.84 Å². The monoisotopic (exact) mass is 315 g/mol. The summed E-state index contributed by atoms with van der Waals surface area (Å²) < 4.78 is 24.3. The van der Waals surface area contributed by atoms with Gasteiger partial charge in [0.1, 0.15) is 0 Å². The first-order valence-corrected chi connectivity index (χ1v) is 8.42. The van der Waals surface area contributed by atoms with Gasteiger partial charge in [-0.05, 0) is 24.3 Å². The van der Waals surface area contributed by atoms with Crippen LogP contribution in [0.3, 0.4) is 0 Å². The smallest absolute Gasteiger partial charge is 0.267 e. The van der Waals surface area contributed by atoms with E-state index >= 15 is 0 Å². The predicted molar refractivity (Wildman–Crippen MR) is 81.8 cm³/mol. The van der Waals surface area contributed by atoms with E-state index in [1.165, 1.54) is 25.1 Å². The van der Waals surface area contributed by atoms with Gasteiger partial charge in [-0.3, -0.25) is 9.59 Å². The lowest BCUT2D eigenvalue weighted by Gasteiger charge is -2.13. The number of para-hydroxylation sites is 1. The van der Waals surface area contributed by atoms with E-state index in [9.17, 15) is 18.0 Å². The van der Waals surface area contributed by atoms with Crippen molar-refractivity contribution < 1.29 is 18.0 Å². The fourth-order valence-corrected chi connectivity index (χ4v) is 3.59. The molecule has 0 spiro atoms. The molecule has 0 atom stereocenters. The minimum atomic E-state index is -3.59. The van der Waals surface area contributed by atoms with Gasteiger partial charge in [-0.15, -0.1) is 0 Å². The van der Waals surface area contributed by atoms with Crippen LogP contribution in [0.1, 0.15) is 27.6 Å². The van der Waals surface area contributed by atoms with E-state index in [1.807, 2.05) is 0 Å². The Labute approximate surface area is 128 Å². The Hall–Kier alpha value is -2.47. The topological polar surface area (TPSA) is 71.5 Å². The Morgan fingerprint density at radius 2 is 1.59 bits per heavy atom. The van der Waals surface area contributed by atoms with Gasteiger partial charge in [-0.2, -0.15) is 0 Å². The molecule has 0 N–H and O–H groups in total. The summed E-state index contributed by atoms with van der Waals surface area (Å²) >= 11 is 0. The average molecular weight is 315 g/mol. The van der Waals surface area contributed by atoms with Crippen molar-refractivity contribution >= 4 is 27.3 Å². The second-order valence-electron chi connectivity index (χ2n) is 4.86. The van der Waals surface area contributed by atoms with Crippen LogP contribution in [0.5, 0.6) is 0 Å². The average Bonchev–Trinajstić information content (AvgIpc) is 2.79. The van der Waals surface area contributed by atoms with Crippen LogP contribution in [0.2, 0.25) is 0 Å². The standard InChI is InChI=1S/C16H13NO4S/c1-2-22(20,21)13-10-6-9-12-14(13)16(19)17(15(12)18)11-7-4-3-5-8-11/h3-10H,2H2,1H3. The molecule has 0 radical (unpaired) electrons. The molecule has 0 unspecified atom stereocenters. The van der Waals surface area contributed by atoms with Crippen molar-refractivity contribution in [1.82, 2.24) is 0 Å². The lowest BCUT2D eigenvalue weighted by molar-refractivity contribution is 0.0925. The summed E-state index contributed by atoms with van der Waals surface area (Å²) in [5, 5.41) is 0. The van der Waals surface area contributed by atoms with Crippen LogP contribution in [-0.4, -0.2) is 26.0 Å². The molecule has 6 heteroatoms. The van der Waals surface area contributed by atoms with Crippen LogP contribution in [0.15, 0.2) is 53.4 Å². The predicted octanol–water partition coefficient (Wildman–Crippen LogP) is 2.28. The number of carbonyl (C=O) groups is 2. The number of carbonyl (C=O) groups excluding carboxylic acids is 2. The number of fused-ring (bicyclic) bond motifs is 1. The van der Waals surface area contributed by atoms with Crippen LogP contribution in [0, 0.1) is 0 Å². The number of hydrogen-bond acceptors (Lipinski definition) is 4. The number of sulfone groups is 1. The molecule has 0 bridgehead atoms. The third kappa shape index (κ3) is 2.03. The molecular formula is C16H13NO4S. The van der Waals surface area contributed by atoms with Crippen molar-refractivity contribution in [2.24, 2.45) is 0 Å². The van der Waals surface area contributed by atoms with Gasteiger partial charge >= 0.3 is 0 Å². The minimum absolute atomic E-state index is 0.0294. The number of amides is 2. The highest BCUT2D eigenvalue weighted by Gasteiger charge is 2.40. The van der Waals surface area contributed by atoms with Crippen molar-refractivity contribution in [1.29, 1.82) is 0 Å². The van der Waals surface area contributed by atoms with Gasteiger partial charge in [0.2, 0.25) is 0 Å². The number of imide groups is 1. The number of rotatable bonds is 3. The Morgan fingerprint density at radius 1 is 0.909 bits per heavy atom. The quantitative estimate of drug-likeness (QED) is 0.815. The number of anilines is 1. The van der Waals surface area contributed by atoms with E-state index in [1.54, 1.807) is 30.3 Å². The highest BCUT2D eigenvalue weighted by molar-refractivity contribution is 7.91. The van der Waals surface area contributed by atoms with Gasteiger partial charge < -0.3 is 0 Å². The third-order valence-corrected chi connectivity index (χ3v) is 5.38. The molecular weight excluding hydrogens is 302 g/mol. The molecule has 0 aromatic heterocycles. The Bertz CT molecular complexity index is 872. The van der Waals surface area contributed by atoms with Gasteiger partial charge in [0.05, 0.1) is 27.5 Å². The molecule has 0 saturated carbocycles. The summed E-state index contributed by atoms with van der Waals surface area (Å²) in [6, 6.07) is 12.8. The molecule has 2 aromatic carbocycles. The maximum atomic E-state index is 12.6. The number of nitrogens with zero attached hydrogens (tertiary/aromatic N) is 1. The fraction of sp³-hybridized carbons (Fsp3) is 0.125. The zero-order valence-corrected chi connectivity index (χ0v) is 12.6. The largest absolute Gasteiger partial charge is 0.268 e. The van der Waals surface area contributed by atoms with Gasteiger partial charge in [0.15, 0.2) is 9.84 Å². The molecule has 22 heavy (non-hydrogen) atoms. The Balaban J connectivity index is 2.21. The van der Waals surface area contributed by atoms with E-state index in [0.717, 1.165) is 4.90 Å². The molecule has 1 aliphatic heterocycles. The van der Waals surface area contributed by atoms with Gasteiger partial charge in [0, 0.05) is 0 Å². The maximum absolute atomic E-state index is 12.6. The van der Waals surface area contributed by atoms with Gasteiger partial charge in [0.25, 0.3) is 11.8 Å². The highest BCUT2D eigenvalue weighted by atomic mass is 32.2. The maximum Gasteiger partial charge on any atom is 0.267 e. The molecule has 1 heterocycles. The number of benzene rings is 2. The Kier molecular flexibility index (Phi) is 3.33. The van der Waals surface area contributed by atoms with E-state index < -0.39 is 21.7 Å². The summed E-state index contributed by atoms with van der Waals surface area (Å²) in [4.78, 5) is 26.1. The molecule has 1 aliphatic rings. The highest BCUT2D eigenvalue weighted by Crippen LogP contribution is 2.32. The van der Waals surface area contributed by atoms with E-state index in [0.29, 0.717) is 5.69 Å². The normalized spacial score (nSPS) is 14.3. The lowest BCUT2D eigenvalue weighted by Crippen LogP contribution is -2.29. The molecule has 5 nitrogen and oxygen atoms in total. The lowest BCUT2D eigenvalue weighted by atomic mass is 10.1. The van der Waals surface area contributed by atoms with Crippen molar-refractivity contribution in [2.75, 3.05) is 10.7 Å². The van der Waals surface area contributed by atoms with Crippen LogP contribution in [0.4, 0.5) is 5.69 Å². The first-order chi connectivity index (χ1) is 10.5. The molecule has 0 fully saturated rings. The second kappa shape index (κ2) is 5.06. The van der Waals surface area contributed by atoms with Crippen molar-refractivity contribution in [2.45, 2.75) is 11.8 Å². The van der Waals surface area contributed by atoms with Crippen molar-refractivity contribution in [3.63, 3.8) is 0 Å². The van der Waals surface area contributed by atoms with Crippen molar-refractivity contribution in [3.8, 4) is 0 Å². The van der Waals surface area contributed by atoms with Gasteiger partial charge in [-0.1, -0.05) is 31.2 Å². The zero-order valence-electron chi connectivity index (χ0n) is 11.8. The SMILES string of the molecule is CCS(=O)(=O)c1cccc2c1C(=O)N(c1ccccc1)C2=O. The van der Waals surface area contributed by atoms with Crippen molar-refractivity contribution in [3.05, 3.63) is 59.7 Å². The molecule has 0 saturated heterocycles. The fourth-order valence-electron chi connectivity index (χ4n) is 2.48. The van der Waals surface area contributed by atoms with E-state index in [-0.39, 0.29) is 21.8 Å². The molecule has 2 aromatic rings. The molecule has 0 aliphatic carbocycles. The van der Waals surface area contributed by atoms with E-state index in [2.05, 4.69) is 0 Å². The Morgan fingerprint density at radius 3 is 2.23 bits per heavy atom.